The van der Waals surface area contributed by atoms with E-state index in [1.54, 1.807) is 0 Å². The van der Waals surface area contributed by atoms with Crippen LogP contribution in [0, 0.1) is 0 Å². The predicted molar refractivity (Wildman–Crippen MR) is 75.3 cm³/mol. The van der Waals surface area contributed by atoms with E-state index in [-0.39, 0.29) is 5.54 Å². The number of nitrogens with zero attached hydrogens (tertiary/aromatic N) is 2. The molecule has 0 amide bonds. The summed E-state index contributed by atoms with van der Waals surface area (Å²) in [4.78, 5) is 6.62. The molecule has 2 aliphatic rings. The second kappa shape index (κ2) is 4.44. The predicted octanol–water partition coefficient (Wildman–Crippen LogP) is 1.60. The van der Waals surface area contributed by atoms with E-state index >= 15 is 0 Å². The summed E-state index contributed by atoms with van der Waals surface area (Å²) in [5.74, 6) is 0.610. The summed E-state index contributed by atoms with van der Waals surface area (Å²) < 4.78 is 0. The lowest BCUT2D eigenvalue weighted by atomic mass is 9.87. The molecule has 3 N–H and O–H groups in total. The molecule has 96 valence electrons. The summed E-state index contributed by atoms with van der Waals surface area (Å²) in [6, 6.07) is 7.84. The summed E-state index contributed by atoms with van der Waals surface area (Å²) in [6.45, 7) is 2.81. The number of aliphatic imine (C=N–C) groups is 1. The van der Waals surface area contributed by atoms with Gasteiger partial charge in [0.05, 0.1) is 12.1 Å². The summed E-state index contributed by atoms with van der Waals surface area (Å²) in [7, 11) is 0. The van der Waals surface area contributed by atoms with Gasteiger partial charge in [0.2, 0.25) is 0 Å². The van der Waals surface area contributed by atoms with E-state index < -0.39 is 0 Å². The fourth-order valence-corrected chi connectivity index (χ4v) is 3.09. The van der Waals surface area contributed by atoms with Gasteiger partial charge in [-0.2, -0.15) is 0 Å². The van der Waals surface area contributed by atoms with Crippen LogP contribution in [-0.4, -0.2) is 31.1 Å². The highest BCUT2D eigenvalue weighted by molar-refractivity contribution is 6.31. The van der Waals surface area contributed by atoms with Crippen LogP contribution in [0.4, 0.5) is 5.69 Å². The molecule has 0 aliphatic carbocycles. The molecule has 0 saturated carbocycles. The molecule has 2 aliphatic heterocycles. The van der Waals surface area contributed by atoms with Crippen LogP contribution in [0.3, 0.4) is 0 Å². The van der Waals surface area contributed by atoms with Gasteiger partial charge in [-0.15, -0.1) is 0 Å². The van der Waals surface area contributed by atoms with Gasteiger partial charge in [0.25, 0.3) is 0 Å². The zero-order valence-corrected chi connectivity index (χ0v) is 11.0. The topological polar surface area (TPSA) is 53.6 Å². The quantitative estimate of drug-likeness (QED) is 0.810. The summed E-state index contributed by atoms with van der Waals surface area (Å²) in [5.41, 5.74) is 7.17. The number of guanidine groups is 1. The Kier molecular flexibility index (Phi) is 2.92. The van der Waals surface area contributed by atoms with Crippen LogP contribution in [0.25, 0.3) is 0 Å². The standard InChI is InChI=1S/C13H17ClN4/c14-10-2-1-3-11(8-10)18-12(15)17-9-13(18)4-6-16-7-5-13/h1-3,8,16H,4-7,9H2,(H2,15,17). The minimum atomic E-state index is 0.0417. The molecule has 0 atom stereocenters. The normalized spacial score (nSPS) is 22.3. The largest absolute Gasteiger partial charge is 0.369 e. The van der Waals surface area contributed by atoms with Crippen LogP contribution >= 0.6 is 11.6 Å². The Morgan fingerprint density at radius 2 is 2.11 bits per heavy atom. The van der Waals surface area contributed by atoms with Gasteiger partial charge in [-0.1, -0.05) is 17.7 Å². The summed E-state index contributed by atoms with van der Waals surface area (Å²) in [6.07, 6.45) is 2.12. The SMILES string of the molecule is NC1=NCC2(CCNCC2)N1c1cccc(Cl)c1. The van der Waals surface area contributed by atoms with Crippen molar-refractivity contribution >= 4 is 23.2 Å². The number of hydrogen-bond donors (Lipinski definition) is 2. The third-order valence-electron chi connectivity index (χ3n) is 3.84. The zero-order chi connectivity index (χ0) is 12.6. The first kappa shape index (κ1) is 11.8. The number of nitrogens with one attached hydrogen (secondary N) is 1. The molecule has 0 aromatic heterocycles. The Bertz CT molecular complexity index is 480. The van der Waals surface area contributed by atoms with E-state index in [0.717, 1.165) is 43.2 Å². The van der Waals surface area contributed by atoms with E-state index in [1.165, 1.54) is 0 Å². The molecule has 1 aromatic rings. The molecule has 1 aromatic carbocycles. The molecule has 0 radical (unpaired) electrons. The summed E-state index contributed by atoms with van der Waals surface area (Å²) >= 11 is 6.08. The number of benzene rings is 1. The number of nitrogens with two attached hydrogens (primary N) is 1. The van der Waals surface area contributed by atoms with Gasteiger partial charge in [-0.25, -0.2) is 0 Å². The van der Waals surface area contributed by atoms with Crippen LogP contribution in [0.2, 0.25) is 5.02 Å². The number of halogens is 1. The third kappa shape index (κ3) is 1.85. The van der Waals surface area contributed by atoms with Crippen molar-refractivity contribution in [2.45, 2.75) is 18.4 Å². The fraction of sp³-hybridized carbons (Fsp3) is 0.462. The van der Waals surface area contributed by atoms with E-state index in [2.05, 4.69) is 15.2 Å². The van der Waals surface area contributed by atoms with Gasteiger partial charge < -0.3 is 16.0 Å². The first-order chi connectivity index (χ1) is 8.71. The van der Waals surface area contributed by atoms with Crippen molar-refractivity contribution in [1.29, 1.82) is 0 Å². The maximum absolute atomic E-state index is 6.08. The van der Waals surface area contributed by atoms with E-state index in [9.17, 15) is 0 Å². The van der Waals surface area contributed by atoms with Crippen molar-refractivity contribution in [3.63, 3.8) is 0 Å². The Labute approximate surface area is 112 Å². The number of piperidine rings is 1. The maximum Gasteiger partial charge on any atom is 0.196 e. The van der Waals surface area contributed by atoms with Crippen LogP contribution < -0.4 is 16.0 Å². The average Bonchev–Trinajstić information content (AvgIpc) is 2.67. The van der Waals surface area contributed by atoms with Gasteiger partial charge in [-0.05, 0) is 44.1 Å². The molecule has 2 heterocycles. The minimum Gasteiger partial charge on any atom is -0.369 e. The second-order valence-corrected chi connectivity index (χ2v) is 5.40. The van der Waals surface area contributed by atoms with Gasteiger partial charge in [-0.3, -0.25) is 4.99 Å². The molecule has 5 heteroatoms. The maximum atomic E-state index is 6.08. The highest BCUT2D eigenvalue weighted by atomic mass is 35.5. The lowest BCUT2D eigenvalue weighted by molar-refractivity contribution is 0.332. The highest BCUT2D eigenvalue weighted by Gasteiger charge is 2.43. The molecular weight excluding hydrogens is 248 g/mol. The monoisotopic (exact) mass is 264 g/mol. The molecular formula is C13H17ClN4. The first-order valence-corrected chi connectivity index (χ1v) is 6.66. The van der Waals surface area contributed by atoms with Crippen LogP contribution in [0.5, 0.6) is 0 Å². The Hall–Kier alpha value is -1.26. The molecule has 0 bridgehead atoms. The highest BCUT2D eigenvalue weighted by Crippen LogP contribution is 2.35. The number of anilines is 1. The van der Waals surface area contributed by atoms with Crippen molar-refractivity contribution in [2.75, 3.05) is 24.5 Å². The van der Waals surface area contributed by atoms with E-state index in [0.29, 0.717) is 5.96 Å². The summed E-state index contributed by atoms with van der Waals surface area (Å²) in [5, 5.41) is 4.12. The molecule has 1 spiro atoms. The van der Waals surface area contributed by atoms with Crippen molar-refractivity contribution < 1.29 is 0 Å². The third-order valence-corrected chi connectivity index (χ3v) is 4.07. The van der Waals surface area contributed by atoms with Crippen LogP contribution in [0.1, 0.15) is 12.8 Å². The Balaban J connectivity index is 1.98. The van der Waals surface area contributed by atoms with Crippen molar-refractivity contribution in [3.8, 4) is 0 Å². The van der Waals surface area contributed by atoms with Gasteiger partial charge in [0.15, 0.2) is 5.96 Å². The van der Waals surface area contributed by atoms with Crippen molar-refractivity contribution in [1.82, 2.24) is 5.32 Å². The molecule has 0 unspecified atom stereocenters. The zero-order valence-electron chi connectivity index (χ0n) is 10.2. The van der Waals surface area contributed by atoms with Gasteiger partial charge in [0.1, 0.15) is 0 Å². The second-order valence-electron chi connectivity index (χ2n) is 4.96. The average molecular weight is 265 g/mol. The molecule has 3 rings (SSSR count). The number of hydrogen-bond acceptors (Lipinski definition) is 4. The van der Waals surface area contributed by atoms with Crippen molar-refractivity contribution in [2.24, 2.45) is 10.7 Å². The Morgan fingerprint density at radius 3 is 2.83 bits per heavy atom. The van der Waals surface area contributed by atoms with Crippen LogP contribution in [0.15, 0.2) is 29.3 Å². The van der Waals surface area contributed by atoms with Crippen LogP contribution in [-0.2, 0) is 0 Å². The first-order valence-electron chi connectivity index (χ1n) is 6.28. The lowest BCUT2D eigenvalue weighted by Gasteiger charge is -2.42. The molecule has 4 nitrogen and oxygen atoms in total. The number of rotatable bonds is 1. The fourth-order valence-electron chi connectivity index (χ4n) is 2.91. The van der Waals surface area contributed by atoms with E-state index in [1.807, 2.05) is 24.3 Å². The lowest BCUT2D eigenvalue weighted by Crippen LogP contribution is -2.57. The molecule has 1 fully saturated rings. The molecule has 1 saturated heterocycles. The van der Waals surface area contributed by atoms with Gasteiger partial charge >= 0.3 is 0 Å². The smallest absolute Gasteiger partial charge is 0.196 e. The van der Waals surface area contributed by atoms with E-state index in [4.69, 9.17) is 17.3 Å². The van der Waals surface area contributed by atoms with Crippen molar-refractivity contribution in [3.05, 3.63) is 29.3 Å². The minimum absolute atomic E-state index is 0.0417. The molecule has 18 heavy (non-hydrogen) atoms. The van der Waals surface area contributed by atoms with Gasteiger partial charge in [0, 0.05) is 10.7 Å². The Morgan fingerprint density at radius 1 is 1.33 bits per heavy atom.